The molecular formula is C16H27NO3. The minimum absolute atomic E-state index is 0.150. The molecule has 2 saturated carbocycles. The van der Waals surface area contributed by atoms with Gasteiger partial charge in [0.05, 0.1) is 6.42 Å². The monoisotopic (exact) mass is 281 g/mol. The number of carbonyl (C=O) groups excluding carboxylic acids is 1. The number of hydrogen-bond donors (Lipinski definition) is 1. The highest BCUT2D eigenvalue weighted by atomic mass is 16.4. The average Bonchev–Trinajstić information content (AvgIpc) is 2.91. The molecule has 0 unspecified atom stereocenters. The number of carbonyl (C=O) groups is 2. The SMILES string of the molecule is CN(C(=O)CC1(CC(=O)O)CCCCC1)C1CCCC1. The van der Waals surface area contributed by atoms with Crippen molar-refractivity contribution in [1.82, 2.24) is 4.90 Å². The van der Waals surface area contributed by atoms with Crippen molar-refractivity contribution in [1.29, 1.82) is 0 Å². The second kappa shape index (κ2) is 6.59. The maximum Gasteiger partial charge on any atom is 0.303 e. The summed E-state index contributed by atoms with van der Waals surface area (Å²) in [6.45, 7) is 0. The molecule has 2 rings (SSSR count). The summed E-state index contributed by atoms with van der Waals surface area (Å²) < 4.78 is 0. The third kappa shape index (κ3) is 3.74. The zero-order valence-corrected chi connectivity index (χ0v) is 12.6. The first-order valence-corrected chi connectivity index (χ1v) is 8.00. The minimum atomic E-state index is -0.761. The highest BCUT2D eigenvalue weighted by molar-refractivity contribution is 5.78. The van der Waals surface area contributed by atoms with Crippen LogP contribution in [-0.4, -0.2) is 35.0 Å². The zero-order valence-electron chi connectivity index (χ0n) is 12.6. The number of aliphatic carboxylic acids is 1. The third-order valence-corrected chi connectivity index (χ3v) is 5.23. The molecule has 2 aliphatic rings. The summed E-state index contributed by atoms with van der Waals surface area (Å²) in [6, 6.07) is 0.382. The first-order chi connectivity index (χ1) is 9.52. The Morgan fingerprint density at radius 2 is 1.65 bits per heavy atom. The molecule has 2 aliphatic carbocycles. The van der Waals surface area contributed by atoms with Crippen LogP contribution in [0.1, 0.15) is 70.6 Å². The number of amides is 1. The van der Waals surface area contributed by atoms with Crippen molar-refractivity contribution in [2.24, 2.45) is 5.41 Å². The first-order valence-electron chi connectivity index (χ1n) is 8.00. The smallest absolute Gasteiger partial charge is 0.303 e. The van der Waals surface area contributed by atoms with E-state index in [-0.39, 0.29) is 17.7 Å². The Balaban J connectivity index is 1.98. The predicted octanol–water partition coefficient (Wildman–Crippen LogP) is 3.20. The molecule has 0 aromatic heterocycles. The molecule has 0 spiro atoms. The maximum atomic E-state index is 12.5. The van der Waals surface area contributed by atoms with Gasteiger partial charge in [-0.2, -0.15) is 0 Å². The van der Waals surface area contributed by atoms with E-state index >= 15 is 0 Å². The van der Waals surface area contributed by atoms with Gasteiger partial charge in [0.15, 0.2) is 0 Å². The van der Waals surface area contributed by atoms with Crippen LogP contribution in [-0.2, 0) is 9.59 Å². The molecule has 114 valence electrons. The standard InChI is InChI=1S/C16H27NO3/c1-17(13-7-3-4-8-13)14(18)11-16(12-15(19)20)9-5-2-6-10-16/h13H,2-12H2,1H3,(H,19,20). The number of rotatable bonds is 5. The molecule has 20 heavy (non-hydrogen) atoms. The fourth-order valence-electron chi connectivity index (χ4n) is 3.98. The van der Waals surface area contributed by atoms with Crippen molar-refractivity contribution in [2.75, 3.05) is 7.05 Å². The van der Waals surface area contributed by atoms with Gasteiger partial charge >= 0.3 is 5.97 Å². The van der Waals surface area contributed by atoms with E-state index in [0.29, 0.717) is 12.5 Å². The predicted molar refractivity (Wildman–Crippen MR) is 77.4 cm³/mol. The average molecular weight is 281 g/mol. The van der Waals surface area contributed by atoms with E-state index in [1.165, 1.54) is 19.3 Å². The number of carboxylic acids is 1. The van der Waals surface area contributed by atoms with Crippen molar-refractivity contribution >= 4 is 11.9 Å². The maximum absolute atomic E-state index is 12.5. The summed E-state index contributed by atoms with van der Waals surface area (Å²) in [6.07, 6.45) is 10.3. The lowest BCUT2D eigenvalue weighted by atomic mass is 9.69. The van der Waals surface area contributed by atoms with Crippen molar-refractivity contribution in [3.05, 3.63) is 0 Å². The fourth-order valence-corrected chi connectivity index (χ4v) is 3.98. The van der Waals surface area contributed by atoms with Crippen LogP contribution in [0, 0.1) is 5.41 Å². The molecule has 1 N–H and O–H groups in total. The molecule has 0 radical (unpaired) electrons. The highest BCUT2D eigenvalue weighted by Gasteiger charge is 2.38. The minimum Gasteiger partial charge on any atom is -0.481 e. The Kier molecular flexibility index (Phi) is 5.06. The van der Waals surface area contributed by atoms with Crippen LogP contribution < -0.4 is 0 Å². The molecule has 0 aromatic rings. The second-order valence-corrected chi connectivity index (χ2v) is 6.75. The van der Waals surface area contributed by atoms with Crippen molar-refractivity contribution in [2.45, 2.75) is 76.7 Å². The molecule has 0 saturated heterocycles. The molecule has 0 atom stereocenters. The van der Waals surface area contributed by atoms with Crippen LogP contribution >= 0.6 is 0 Å². The van der Waals surface area contributed by atoms with Gasteiger partial charge in [0, 0.05) is 19.5 Å². The van der Waals surface area contributed by atoms with E-state index in [9.17, 15) is 9.59 Å². The summed E-state index contributed by atoms with van der Waals surface area (Å²) >= 11 is 0. The summed E-state index contributed by atoms with van der Waals surface area (Å²) in [4.78, 5) is 25.6. The molecule has 2 fully saturated rings. The zero-order chi connectivity index (χ0) is 14.6. The van der Waals surface area contributed by atoms with Gasteiger partial charge in [0.1, 0.15) is 0 Å². The van der Waals surface area contributed by atoms with Gasteiger partial charge in [-0.15, -0.1) is 0 Å². The summed E-state index contributed by atoms with van der Waals surface area (Å²) in [5.74, 6) is -0.608. The van der Waals surface area contributed by atoms with E-state index in [1.54, 1.807) is 0 Å². The molecule has 0 aliphatic heterocycles. The Morgan fingerprint density at radius 1 is 1.05 bits per heavy atom. The van der Waals surface area contributed by atoms with E-state index in [1.807, 2.05) is 11.9 Å². The Labute approximate surface area is 121 Å². The lowest BCUT2D eigenvalue weighted by Crippen LogP contribution is -2.40. The van der Waals surface area contributed by atoms with Gasteiger partial charge in [0.25, 0.3) is 0 Å². The molecule has 4 nitrogen and oxygen atoms in total. The topological polar surface area (TPSA) is 57.6 Å². The lowest BCUT2D eigenvalue weighted by Gasteiger charge is -2.37. The Bertz CT molecular complexity index is 355. The van der Waals surface area contributed by atoms with Gasteiger partial charge in [-0.1, -0.05) is 32.1 Å². The van der Waals surface area contributed by atoms with Crippen molar-refractivity contribution in [3.63, 3.8) is 0 Å². The molecular weight excluding hydrogens is 254 g/mol. The normalized spacial score (nSPS) is 22.6. The van der Waals surface area contributed by atoms with Gasteiger partial charge in [-0.05, 0) is 31.1 Å². The first kappa shape index (κ1) is 15.3. The summed E-state index contributed by atoms with van der Waals surface area (Å²) in [5.41, 5.74) is -0.284. The Morgan fingerprint density at radius 3 is 2.20 bits per heavy atom. The van der Waals surface area contributed by atoms with Crippen LogP contribution in [0.15, 0.2) is 0 Å². The number of nitrogens with zero attached hydrogens (tertiary/aromatic N) is 1. The lowest BCUT2D eigenvalue weighted by molar-refractivity contribution is -0.142. The van der Waals surface area contributed by atoms with Crippen molar-refractivity contribution < 1.29 is 14.7 Å². The van der Waals surface area contributed by atoms with Crippen LogP contribution in [0.5, 0.6) is 0 Å². The van der Waals surface area contributed by atoms with Crippen LogP contribution in [0.3, 0.4) is 0 Å². The summed E-state index contributed by atoms with van der Waals surface area (Å²) in [5, 5.41) is 9.17. The third-order valence-electron chi connectivity index (χ3n) is 5.23. The van der Waals surface area contributed by atoms with Crippen LogP contribution in [0.25, 0.3) is 0 Å². The second-order valence-electron chi connectivity index (χ2n) is 6.75. The Hall–Kier alpha value is -1.06. The van der Waals surface area contributed by atoms with Crippen molar-refractivity contribution in [3.8, 4) is 0 Å². The van der Waals surface area contributed by atoms with Crippen LogP contribution in [0.2, 0.25) is 0 Å². The molecule has 0 aromatic carbocycles. The highest BCUT2D eigenvalue weighted by Crippen LogP contribution is 2.43. The van der Waals surface area contributed by atoms with E-state index in [0.717, 1.165) is 38.5 Å². The van der Waals surface area contributed by atoms with E-state index in [4.69, 9.17) is 5.11 Å². The molecule has 0 bridgehead atoms. The van der Waals surface area contributed by atoms with Gasteiger partial charge in [-0.25, -0.2) is 0 Å². The molecule has 1 amide bonds. The summed E-state index contributed by atoms with van der Waals surface area (Å²) in [7, 11) is 1.90. The number of carboxylic acid groups (broad SMARTS) is 1. The van der Waals surface area contributed by atoms with Gasteiger partial charge in [0.2, 0.25) is 5.91 Å². The molecule has 4 heteroatoms. The number of hydrogen-bond acceptors (Lipinski definition) is 2. The van der Waals surface area contributed by atoms with Crippen LogP contribution in [0.4, 0.5) is 0 Å². The largest absolute Gasteiger partial charge is 0.481 e. The molecule has 0 heterocycles. The van der Waals surface area contributed by atoms with Gasteiger partial charge in [-0.3, -0.25) is 9.59 Å². The van der Waals surface area contributed by atoms with E-state index < -0.39 is 5.97 Å². The fraction of sp³-hybridized carbons (Fsp3) is 0.875. The van der Waals surface area contributed by atoms with E-state index in [2.05, 4.69) is 0 Å². The van der Waals surface area contributed by atoms with Gasteiger partial charge < -0.3 is 10.0 Å². The quantitative estimate of drug-likeness (QED) is 0.842.